The molecule has 0 fully saturated rings. The van der Waals surface area contributed by atoms with Gasteiger partial charge in [0.25, 0.3) is 0 Å². The standard InChI is InChI=1S/C73H46N4OSi/c74-47-48-32-37-64-58(42-48)57-26-13-14-27-63(57)75(64)53-35-40-67-61(45-53)62-46-54(76-65-38-33-51(49-18-5-1-6-19-49)43-59(65)60-44-52(34-39-66(60)76)50-20-7-2-8-21-50)36-41-68(62)77(67)69-28-17-31-72-73(69)78-70-29-15-16-30-71(70)79(72,55-22-9-3-10-23-55)56-24-11-4-12-25-56/h1-46H. The van der Waals surface area contributed by atoms with Gasteiger partial charge in [0, 0.05) is 43.7 Å². The van der Waals surface area contributed by atoms with E-state index in [-0.39, 0.29) is 0 Å². The number of rotatable bonds is 7. The Morgan fingerprint density at radius 2 is 0.759 bits per heavy atom. The molecule has 0 unspecified atom stereocenters. The minimum Gasteiger partial charge on any atom is -0.455 e. The van der Waals surface area contributed by atoms with Crippen molar-refractivity contribution in [3.8, 4) is 56.9 Å². The zero-order valence-corrected chi connectivity index (χ0v) is 43.8. The summed E-state index contributed by atoms with van der Waals surface area (Å²) in [6, 6.07) is 104. The molecular weight excluding hydrogens is 977 g/mol. The molecule has 5 nitrogen and oxygen atoms in total. The predicted molar refractivity (Wildman–Crippen MR) is 329 cm³/mol. The summed E-state index contributed by atoms with van der Waals surface area (Å²) in [4.78, 5) is 0. The van der Waals surface area contributed by atoms with Crippen molar-refractivity contribution < 1.29 is 4.74 Å². The van der Waals surface area contributed by atoms with E-state index in [0.717, 1.165) is 83.2 Å². The molecule has 1 aliphatic heterocycles. The quantitative estimate of drug-likeness (QED) is 0.149. The molecule has 0 saturated heterocycles. The normalized spacial score (nSPS) is 12.7. The lowest BCUT2D eigenvalue weighted by molar-refractivity contribution is 0.485. The van der Waals surface area contributed by atoms with Crippen LogP contribution < -0.4 is 25.5 Å². The van der Waals surface area contributed by atoms with Crippen LogP contribution in [0.15, 0.2) is 279 Å². The van der Waals surface area contributed by atoms with E-state index in [1.165, 1.54) is 53.8 Å². The molecule has 0 radical (unpaired) electrons. The second kappa shape index (κ2) is 17.6. The molecule has 15 aromatic rings. The average molecular weight is 1020 g/mol. The van der Waals surface area contributed by atoms with Crippen molar-refractivity contribution in [3.05, 3.63) is 285 Å². The number of nitriles is 1. The number of fused-ring (bicyclic) bond motifs is 11. The predicted octanol–water partition coefficient (Wildman–Crippen LogP) is 15.7. The first kappa shape index (κ1) is 44.8. The molecule has 3 aromatic heterocycles. The van der Waals surface area contributed by atoms with Crippen LogP contribution in [0.3, 0.4) is 0 Å². The van der Waals surface area contributed by atoms with Gasteiger partial charge >= 0.3 is 0 Å². The molecule has 0 spiro atoms. The van der Waals surface area contributed by atoms with Crippen LogP contribution in [0, 0.1) is 11.3 Å². The molecule has 12 aromatic carbocycles. The van der Waals surface area contributed by atoms with Crippen molar-refractivity contribution in [3.63, 3.8) is 0 Å². The van der Waals surface area contributed by atoms with E-state index < -0.39 is 8.07 Å². The van der Waals surface area contributed by atoms with Gasteiger partial charge in [0.15, 0.2) is 13.8 Å². The van der Waals surface area contributed by atoms with Gasteiger partial charge in [0.05, 0.1) is 50.4 Å². The van der Waals surface area contributed by atoms with Crippen LogP contribution in [0.4, 0.5) is 0 Å². The van der Waals surface area contributed by atoms with Gasteiger partial charge in [-0.15, -0.1) is 0 Å². The summed E-state index contributed by atoms with van der Waals surface area (Å²) in [6.45, 7) is 0. The Kier molecular flexibility index (Phi) is 9.95. The highest BCUT2D eigenvalue weighted by Crippen LogP contribution is 2.44. The fraction of sp³-hybridized carbons (Fsp3) is 0. The van der Waals surface area contributed by atoms with Crippen LogP contribution in [0.1, 0.15) is 5.56 Å². The Labute approximate surface area is 456 Å². The second-order valence-electron chi connectivity index (χ2n) is 20.7. The third-order valence-corrected chi connectivity index (χ3v) is 21.4. The lowest BCUT2D eigenvalue weighted by atomic mass is 10.0. The van der Waals surface area contributed by atoms with Gasteiger partial charge in [-0.3, -0.25) is 0 Å². The summed E-state index contributed by atoms with van der Waals surface area (Å²) in [5.74, 6) is 1.75. The van der Waals surface area contributed by atoms with Gasteiger partial charge in [0.1, 0.15) is 5.75 Å². The minimum absolute atomic E-state index is 0.640. The number of aromatic nitrogens is 3. The third-order valence-electron chi connectivity index (χ3n) is 16.6. The van der Waals surface area contributed by atoms with Crippen LogP contribution >= 0.6 is 0 Å². The Bertz CT molecular complexity index is 4860. The van der Waals surface area contributed by atoms with Crippen molar-refractivity contribution in [2.75, 3.05) is 0 Å². The highest BCUT2D eigenvalue weighted by atomic mass is 28.3. The maximum Gasteiger partial charge on any atom is 0.188 e. The van der Waals surface area contributed by atoms with E-state index >= 15 is 0 Å². The molecule has 0 amide bonds. The summed E-state index contributed by atoms with van der Waals surface area (Å²) >= 11 is 0. The number of para-hydroxylation sites is 3. The van der Waals surface area contributed by atoms with E-state index in [1.807, 2.05) is 12.1 Å². The van der Waals surface area contributed by atoms with E-state index in [0.29, 0.717) is 5.56 Å². The summed E-state index contributed by atoms with van der Waals surface area (Å²) in [5.41, 5.74) is 15.0. The molecule has 16 rings (SSSR count). The highest BCUT2D eigenvalue weighted by molar-refractivity contribution is 7.20. The number of hydrogen-bond donors (Lipinski definition) is 0. The first-order valence-electron chi connectivity index (χ1n) is 26.9. The summed E-state index contributed by atoms with van der Waals surface area (Å²) < 4.78 is 14.6. The first-order valence-corrected chi connectivity index (χ1v) is 28.9. The third kappa shape index (κ3) is 6.67. The van der Waals surface area contributed by atoms with Gasteiger partial charge in [0.2, 0.25) is 0 Å². The minimum atomic E-state index is -2.97. The zero-order valence-electron chi connectivity index (χ0n) is 42.8. The number of nitrogens with zero attached hydrogens (tertiary/aromatic N) is 4. The van der Waals surface area contributed by atoms with Gasteiger partial charge in [-0.25, -0.2) is 0 Å². The lowest BCUT2D eigenvalue weighted by Gasteiger charge is -2.40. The van der Waals surface area contributed by atoms with Gasteiger partial charge in [-0.1, -0.05) is 182 Å². The summed E-state index contributed by atoms with van der Waals surface area (Å²) in [5, 5.41) is 21.9. The van der Waals surface area contributed by atoms with Gasteiger partial charge < -0.3 is 18.4 Å². The van der Waals surface area contributed by atoms with E-state index in [4.69, 9.17) is 4.74 Å². The zero-order chi connectivity index (χ0) is 52.2. The van der Waals surface area contributed by atoms with E-state index in [1.54, 1.807) is 0 Å². The van der Waals surface area contributed by atoms with Crippen molar-refractivity contribution in [1.29, 1.82) is 5.26 Å². The smallest absolute Gasteiger partial charge is 0.188 e. The SMILES string of the molecule is N#Cc1ccc2c(c1)c1ccccc1n2-c1ccc2c(c1)c1cc(-n3c4ccc(-c5ccccc5)cc4c4cc(-c5ccccc5)ccc43)ccc1n2-c1cccc2c1Oc1ccccc1[Si]2(c1ccccc1)c1ccccc1. The summed E-state index contributed by atoms with van der Waals surface area (Å²) in [7, 11) is -2.97. The van der Waals surface area contributed by atoms with Crippen LogP contribution in [-0.2, 0) is 0 Å². The molecule has 0 atom stereocenters. The van der Waals surface area contributed by atoms with E-state index in [9.17, 15) is 5.26 Å². The monoisotopic (exact) mass is 1020 g/mol. The Balaban J connectivity index is 0.988. The summed E-state index contributed by atoms with van der Waals surface area (Å²) in [6.07, 6.45) is 0. The van der Waals surface area contributed by atoms with Crippen molar-refractivity contribution in [2.24, 2.45) is 0 Å². The maximum absolute atomic E-state index is 10.0. The number of benzene rings is 12. The fourth-order valence-corrected chi connectivity index (χ4v) is 18.1. The largest absolute Gasteiger partial charge is 0.455 e. The van der Waals surface area contributed by atoms with Gasteiger partial charge in [-0.05, 0) is 140 Å². The van der Waals surface area contributed by atoms with Crippen molar-refractivity contribution in [1.82, 2.24) is 13.7 Å². The Morgan fingerprint density at radius 1 is 0.316 bits per heavy atom. The molecule has 1 aliphatic rings. The Hall–Kier alpha value is -10.5. The molecule has 6 heteroatoms. The lowest BCUT2D eigenvalue weighted by Crippen LogP contribution is -2.76. The molecule has 0 aliphatic carbocycles. The molecule has 368 valence electrons. The Morgan fingerprint density at radius 3 is 1.34 bits per heavy atom. The molecule has 0 N–H and O–H groups in total. The average Bonchev–Trinajstić information content (AvgIpc) is 4.26. The van der Waals surface area contributed by atoms with Crippen molar-refractivity contribution in [2.45, 2.75) is 0 Å². The second-order valence-corrected chi connectivity index (χ2v) is 24.4. The van der Waals surface area contributed by atoms with Crippen molar-refractivity contribution >= 4 is 94.2 Å². The molecule has 0 bridgehead atoms. The van der Waals surface area contributed by atoms with E-state index in [2.05, 4.69) is 287 Å². The van der Waals surface area contributed by atoms with Gasteiger partial charge in [-0.2, -0.15) is 5.26 Å². The topological polar surface area (TPSA) is 47.8 Å². The molecule has 4 heterocycles. The molecule has 79 heavy (non-hydrogen) atoms. The molecule has 0 saturated carbocycles. The highest BCUT2D eigenvalue weighted by Gasteiger charge is 2.48. The molecular formula is C73H46N4OSi. The fourth-order valence-electron chi connectivity index (χ4n) is 13.2. The number of ether oxygens (including phenoxy) is 1. The van der Waals surface area contributed by atoms with Crippen LogP contribution in [0.5, 0.6) is 11.5 Å². The maximum atomic E-state index is 10.0. The number of hydrogen-bond acceptors (Lipinski definition) is 2. The first-order chi connectivity index (χ1) is 39.1. The van der Waals surface area contributed by atoms with Crippen LogP contribution in [0.2, 0.25) is 0 Å². The van der Waals surface area contributed by atoms with Crippen LogP contribution in [-0.4, -0.2) is 21.8 Å². The van der Waals surface area contributed by atoms with Crippen LogP contribution in [0.25, 0.3) is 105 Å².